The SMILES string of the molecule is CCCCC[C@H]1CC[C@H](c2ccc(C(F)(F)OCCc3ccc(F)c(F)c3)c(F)c2)CC1. The first-order chi connectivity index (χ1) is 15.3. The van der Waals surface area contributed by atoms with Crippen molar-refractivity contribution in [2.45, 2.75) is 76.7 Å². The van der Waals surface area contributed by atoms with Crippen LogP contribution in [-0.4, -0.2) is 6.61 Å². The average molecular weight is 455 g/mol. The van der Waals surface area contributed by atoms with E-state index in [0.29, 0.717) is 11.5 Å². The van der Waals surface area contributed by atoms with Crippen molar-refractivity contribution < 1.29 is 26.7 Å². The van der Waals surface area contributed by atoms with Gasteiger partial charge in [0.25, 0.3) is 0 Å². The van der Waals surface area contributed by atoms with E-state index in [1.165, 1.54) is 37.8 Å². The molecule has 1 nitrogen and oxygen atoms in total. The molecule has 0 radical (unpaired) electrons. The van der Waals surface area contributed by atoms with Crippen LogP contribution in [0.4, 0.5) is 22.0 Å². The number of ether oxygens (including phenoxy) is 1. The first-order valence-electron chi connectivity index (χ1n) is 11.6. The molecule has 0 bridgehead atoms. The third kappa shape index (κ3) is 6.53. The maximum atomic E-state index is 14.6. The van der Waals surface area contributed by atoms with Crippen molar-refractivity contribution in [2.24, 2.45) is 5.92 Å². The lowest BCUT2D eigenvalue weighted by Crippen LogP contribution is -2.22. The van der Waals surface area contributed by atoms with Gasteiger partial charge >= 0.3 is 6.11 Å². The van der Waals surface area contributed by atoms with Crippen molar-refractivity contribution in [1.29, 1.82) is 0 Å². The van der Waals surface area contributed by atoms with Gasteiger partial charge in [-0.3, -0.25) is 0 Å². The number of benzene rings is 2. The fourth-order valence-corrected chi connectivity index (χ4v) is 4.56. The molecule has 0 aliphatic heterocycles. The van der Waals surface area contributed by atoms with Gasteiger partial charge in [-0.2, -0.15) is 8.78 Å². The van der Waals surface area contributed by atoms with Crippen LogP contribution in [0.1, 0.15) is 80.9 Å². The van der Waals surface area contributed by atoms with E-state index in [0.717, 1.165) is 49.4 Å². The molecule has 32 heavy (non-hydrogen) atoms. The molecule has 0 atom stereocenters. The Bertz CT molecular complexity index is 875. The van der Waals surface area contributed by atoms with Crippen LogP contribution in [0.25, 0.3) is 0 Å². The zero-order valence-corrected chi connectivity index (χ0v) is 18.5. The quantitative estimate of drug-likeness (QED) is 0.259. The molecule has 176 valence electrons. The summed E-state index contributed by atoms with van der Waals surface area (Å²) in [6.07, 6.45) is 5.20. The maximum Gasteiger partial charge on any atom is 0.386 e. The minimum atomic E-state index is -3.81. The van der Waals surface area contributed by atoms with Gasteiger partial charge in [0.2, 0.25) is 0 Å². The number of unbranched alkanes of at least 4 members (excludes halogenated alkanes) is 2. The van der Waals surface area contributed by atoms with Crippen LogP contribution in [0.2, 0.25) is 0 Å². The van der Waals surface area contributed by atoms with Crippen molar-refractivity contribution in [1.82, 2.24) is 0 Å². The predicted octanol–water partition coefficient (Wildman–Crippen LogP) is 8.27. The van der Waals surface area contributed by atoms with Crippen molar-refractivity contribution in [3.8, 4) is 0 Å². The van der Waals surface area contributed by atoms with Crippen molar-refractivity contribution in [3.63, 3.8) is 0 Å². The Hall–Kier alpha value is -1.95. The number of alkyl halides is 2. The minimum Gasteiger partial charge on any atom is -0.316 e. The molecule has 2 aromatic rings. The number of hydrogen-bond donors (Lipinski definition) is 0. The van der Waals surface area contributed by atoms with Gasteiger partial charge in [-0.05, 0) is 79.3 Å². The maximum absolute atomic E-state index is 14.6. The molecule has 1 aliphatic rings. The van der Waals surface area contributed by atoms with Gasteiger partial charge in [-0.25, -0.2) is 13.2 Å². The number of halogens is 5. The summed E-state index contributed by atoms with van der Waals surface area (Å²) in [5.41, 5.74) is 0.274. The molecule has 0 saturated heterocycles. The summed E-state index contributed by atoms with van der Waals surface area (Å²) in [5.74, 6) is -2.12. The fourth-order valence-electron chi connectivity index (χ4n) is 4.56. The van der Waals surface area contributed by atoms with E-state index in [1.54, 1.807) is 6.07 Å². The van der Waals surface area contributed by atoms with E-state index in [-0.39, 0.29) is 12.3 Å². The summed E-state index contributed by atoms with van der Waals surface area (Å²) < 4.78 is 74.3. The predicted molar refractivity (Wildman–Crippen MR) is 115 cm³/mol. The van der Waals surface area contributed by atoms with E-state index >= 15 is 0 Å². The Morgan fingerprint density at radius 3 is 2.28 bits per heavy atom. The van der Waals surface area contributed by atoms with Crippen LogP contribution in [0.3, 0.4) is 0 Å². The molecular weight excluding hydrogens is 423 g/mol. The average Bonchev–Trinajstić information content (AvgIpc) is 2.76. The molecule has 3 rings (SSSR count). The summed E-state index contributed by atoms with van der Waals surface area (Å²) in [5, 5.41) is 0. The Labute approximate surface area is 187 Å². The van der Waals surface area contributed by atoms with Crippen LogP contribution in [0.15, 0.2) is 36.4 Å². The van der Waals surface area contributed by atoms with Crippen molar-refractivity contribution >= 4 is 0 Å². The molecule has 0 aromatic heterocycles. The van der Waals surface area contributed by atoms with E-state index in [2.05, 4.69) is 11.7 Å². The molecule has 0 unspecified atom stereocenters. The third-order valence-corrected chi connectivity index (χ3v) is 6.50. The van der Waals surface area contributed by atoms with E-state index in [4.69, 9.17) is 0 Å². The zero-order valence-electron chi connectivity index (χ0n) is 18.5. The second-order valence-corrected chi connectivity index (χ2v) is 8.82. The summed E-state index contributed by atoms with van der Waals surface area (Å²) in [7, 11) is 0. The van der Waals surface area contributed by atoms with Crippen LogP contribution >= 0.6 is 0 Å². The topological polar surface area (TPSA) is 9.23 Å². The van der Waals surface area contributed by atoms with Gasteiger partial charge in [-0.1, -0.05) is 44.7 Å². The Morgan fingerprint density at radius 2 is 1.62 bits per heavy atom. The molecule has 2 aromatic carbocycles. The summed E-state index contributed by atoms with van der Waals surface area (Å²) >= 11 is 0. The van der Waals surface area contributed by atoms with Gasteiger partial charge in [0.05, 0.1) is 12.2 Å². The normalized spacial score (nSPS) is 19.3. The first-order valence-corrected chi connectivity index (χ1v) is 11.6. The van der Waals surface area contributed by atoms with Gasteiger partial charge in [-0.15, -0.1) is 0 Å². The van der Waals surface area contributed by atoms with Gasteiger partial charge < -0.3 is 4.74 Å². The van der Waals surface area contributed by atoms with E-state index in [1.807, 2.05) is 0 Å². The van der Waals surface area contributed by atoms with Crippen LogP contribution < -0.4 is 0 Å². The lowest BCUT2D eigenvalue weighted by molar-refractivity contribution is -0.249. The highest BCUT2D eigenvalue weighted by atomic mass is 19.3. The molecule has 1 fully saturated rings. The second kappa shape index (κ2) is 11.3. The summed E-state index contributed by atoms with van der Waals surface area (Å²) in [4.78, 5) is 0. The highest BCUT2D eigenvalue weighted by molar-refractivity contribution is 5.29. The van der Waals surface area contributed by atoms with Crippen molar-refractivity contribution in [3.05, 3.63) is 70.5 Å². The number of rotatable bonds is 10. The molecular formula is C26H31F5O. The van der Waals surface area contributed by atoms with Gasteiger partial charge in [0, 0.05) is 0 Å². The number of hydrogen-bond acceptors (Lipinski definition) is 1. The highest BCUT2D eigenvalue weighted by Crippen LogP contribution is 2.39. The smallest absolute Gasteiger partial charge is 0.316 e. The Kier molecular flexibility index (Phi) is 8.69. The largest absolute Gasteiger partial charge is 0.386 e. The summed E-state index contributed by atoms with van der Waals surface area (Å²) in [6.45, 7) is 1.73. The zero-order chi connectivity index (χ0) is 23.1. The van der Waals surface area contributed by atoms with Crippen LogP contribution in [-0.2, 0) is 17.3 Å². The van der Waals surface area contributed by atoms with Crippen LogP contribution in [0, 0.1) is 23.4 Å². The highest BCUT2D eigenvalue weighted by Gasteiger charge is 2.36. The summed E-state index contributed by atoms with van der Waals surface area (Å²) in [6, 6.07) is 7.06. The van der Waals surface area contributed by atoms with E-state index in [9.17, 15) is 22.0 Å². The molecule has 6 heteroatoms. The van der Waals surface area contributed by atoms with Gasteiger partial charge in [0.1, 0.15) is 5.82 Å². The molecule has 1 saturated carbocycles. The molecule has 0 spiro atoms. The monoisotopic (exact) mass is 454 g/mol. The van der Waals surface area contributed by atoms with Crippen LogP contribution in [0.5, 0.6) is 0 Å². The minimum absolute atomic E-state index is 0.0476. The first kappa shape index (κ1) is 24.7. The fraction of sp³-hybridized carbons (Fsp3) is 0.538. The molecule has 1 aliphatic carbocycles. The lowest BCUT2D eigenvalue weighted by atomic mass is 9.77. The van der Waals surface area contributed by atoms with Crippen molar-refractivity contribution in [2.75, 3.05) is 6.61 Å². The molecule has 0 N–H and O–H groups in total. The molecule has 0 amide bonds. The van der Waals surface area contributed by atoms with Gasteiger partial charge in [0.15, 0.2) is 11.6 Å². The Morgan fingerprint density at radius 1 is 0.875 bits per heavy atom. The lowest BCUT2D eigenvalue weighted by Gasteiger charge is -2.29. The molecule has 0 heterocycles. The standard InChI is InChI=1S/C26H31F5O/c1-2-3-4-5-18-6-9-20(10-7-18)21-11-12-22(24(28)17-21)26(30,31)32-15-14-19-8-13-23(27)25(29)16-19/h8,11-13,16-18,20H,2-7,9-10,14-15H2,1H3/t18-,20-. The Balaban J connectivity index is 1.54. The third-order valence-electron chi connectivity index (χ3n) is 6.50. The van der Waals surface area contributed by atoms with E-state index < -0.39 is 35.7 Å². The second-order valence-electron chi connectivity index (χ2n) is 8.82.